The summed E-state index contributed by atoms with van der Waals surface area (Å²) in [5, 5.41) is 17.2. The van der Waals surface area contributed by atoms with Gasteiger partial charge in [-0.05, 0) is 43.2 Å². The second-order valence-electron chi connectivity index (χ2n) is 5.84. The highest BCUT2D eigenvalue weighted by atomic mass is 35.5. The van der Waals surface area contributed by atoms with Crippen LogP contribution >= 0.6 is 11.6 Å². The predicted molar refractivity (Wildman–Crippen MR) is 101 cm³/mol. The average molecular weight is 374 g/mol. The standard InChI is InChI=1S/C19H20ClN3O3/c1-12-4-3-5-16(18(12)25)19(26)23-22-13(2)10-17(24)21-11-14-6-8-15(20)9-7-14/h3-9,25H,10-11H2,1-2H3,(H,21,24)(H,23,26). The SMILES string of the molecule is CC(CC(=O)NCc1ccc(Cl)cc1)=NNC(=O)c1cccc(C)c1O. The fourth-order valence-corrected chi connectivity index (χ4v) is 2.31. The number of carbonyl (C=O) groups is 2. The number of halogens is 1. The number of aromatic hydroxyl groups is 1. The van der Waals surface area contributed by atoms with Crippen molar-refractivity contribution in [2.75, 3.05) is 0 Å². The van der Waals surface area contributed by atoms with E-state index in [-0.39, 0.29) is 23.6 Å². The highest BCUT2D eigenvalue weighted by Gasteiger charge is 2.12. The van der Waals surface area contributed by atoms with E-state index in [4.69, 9.17) is 11.6 Å². The first-order chi connectivity index (χ1) is 12.4. The molecular formula is C19H20ClN3O3. The predicted octanol–water partition coefficient (Wildman–Crippen LogP) is 3.17. The molecule has 26 heavy (non-hydrogen) atoms. The molecule has 2 amide bonds. The third-order valence-corrected chi connectivity index (χ3v) is 3.90. The minimum absolute atomic E-state index is 0.0493. The zero-order chi connectivity index (χ0) is 19.1. The molecule has 0 spiro atoms. The van der Waals surface area contributed by atoms with Gasteiger partial charge in [-0.2, -0.15) is 5.10 Å². The van der Waals surface area contributed by atoms with Crippen LogP contribution in [0.1, 0.15) is 34.8 Å². The Kier molecular flexibility index (Phi) is 6.74. The van der Waals surface area contributed by atoms with Crippen molar-refractivity contribution in [2.45, 2.75) is 26.8 Å². The van der Waals surface area contributed by atoms with Crippen LogP contribution < -0.4 is 10.7 Å². The van der Waals surface area contributed by atoms with Crippen molar-refractivity contribution in [1.29, 1.82) is 0 Å². The van der Waals surface area contributed by atoms with Crippen LogP contribution in [-0.2, 0) is 11.3 Å². The number of para-hydroxylation sites is 1. The van der Waals surface area contributed by atoms with Crippen LogP contribution in [0.4, 0.5) is 0 Å². The molecule has 0 radical (unpaired) electrons. The first-order valence-corrected chi connectivity index (χ1v) is 8.38. The van der Waals surface area contributed by atoms with Crippen LogP contribution in [0.15, 0.2) is 47.6 Å². The molecule has 0 atom stereocenters. The smallest absolute Gasteiger partial charge is 0.275 e. The molecule has 0 aromatic heterocycles. The molecule has 0 saturated heterocycles. The van der Waals surface area contributed by atoms with Gasteiger partial charge in [-0.3, -0.25) is 9.59 Å². The molecule has 2 aromatic rings. The Hall–Kier alpha value is -2.86. The maximum Gasteiger partial charge on any atom is 0.275 e. The van der Waals surface area contributed by atoms with Gasteiger partial charge in [0.25, 0.3) is 5.91 Å². The molecule has 0 bridgehead atoms. The Morgan fingerprint density at radius 3 is 2.54 bits per heavy atom. The highest BCUT2D eigenvalue weighted by molar-refractivity contribution is 6.30. The summed E-state index contributed by atoms with van der Waals surface area (Å²) >= 11 is 5.81. The Labute approximate surface area is 156 Å². The number of nitrogens with zero attached hydrogens (tertiary/aromatic N) is 1. The Balaban J connectivity index is 1.85. The summed E-state index contributed by atoms with van der Waals surface area (Å²) < 4.78 is 0. The average Bonchev–Trinajstić information content (AvgIpc) is 2.61. The van der Waals surface area contributed by atoms with Gasteiger partial charge in [-0.15, -0.1) is 0 Å². The lowest BCUT2D eigenvalue weighted by atomic mass is 10.1. The summed E-state index contributed by atoms with van der Waals surface area (Å²) in [5.41, 5.74) is 4.45. The van der Waals surface area contributed by atoms with Gasteiger partial charge in [0.05, 0.1) is 12.0 Å². The minimum Gasteiger partial charge on any atom is -0.507 e. The van der Waals surface area contributed by atoms with Crippen molar-refractivity contribution in [3.8, 4) is 5.75 Å². The van der Waals surface area contributed by atoms with Crippen molar-refractivity contribution in [1.82, 2.24) is 10.7 Å². The zero-order valence-electron chi connectivity index (χ0n) is 14.5. The third kappa shape index (κ3) is 5.60. The van der Waals surface area contributed by atoms with Gasteiger partial charge in [0.15, 0.2) is 0 Å². The fourth-order valence-electron chi connectivity index (χ4n) is 2.19. The Morgan fingerprint density at radius 2 is 1.85 bits per heavy atom. The van der Waals surface area contributed by atoms with E-state index in [0.29, 0.717) is 22.8 Å². The molecule has 0 saturated carbocycles. The summed E-state index contributed by atoms with van der Waals surface area (Å²) in [6.45, 7) is 3.72. The molecule has 0 aliphatic heterocycles. The van der Waals surface area contributed by atoms with Gasteiger partial charge in [0.1, 0.15) is 5.75 Å². The number of carbonyl (C=O) groups excluding carboxylic acids is 2. The second-order valence-corrected chi connectivity index (χ2v) is 6.28. The first kappa shape index (κ1) is 19.5. The number of phenols is 1. The van der Waals surface area contributed by atoms with Crippen molar-refractivity contribution in [2.24, 2.45) is 5.10 Å². The van der Waals surface area contributed by atoms with Crippen molar-refractivity contribution >= 4 is 29.1 Å². The molecule has 136 valence electrons. The van der Waals surface area contributed by atoms with Crippen LogP contribution in [0, 0.1) is 6.92 Å². The molecular weight excluding hydrogens is 354 g/mol. The van der Waals surface area contributed by atoms with E-state index in [1.807, 2.05) is 12.1 Å². The lowest BCUT2D eigenvalue weighted by molar-refractivity contribution is -0.120. The van der Waals surface area contributed by atoms with E-state index in [9.17, 15) is 14.7 Å². The van der Waals surface area contributed by atoms with E-state index in [2.05, 4.69) is 15.8 Å². The van der Waals surface area contributed by atoms with Gasteiger partial charge < -0.3 is 10.4 Å². The number of hydrogen-bond donors (Lipinski definition) is 3. The quantitative estimate of drug-likeness (QED) is 0.536. The van der Waals surface area contributed by atoms with Crippen LogP contribution in [0.3, 0.4) is 0 Å². The van der Waals surface area contributed by atoms with Crippen molar-refractivity contribution in [3.63, 3.8) is 0 Å². The van der Waals surface area contributed by atoms with Gasteiger partial charge in [-0.1, -0.05) is 35.9 Å². The van der Waals surface area contributed by atoms with E-state index in [0.717, 1.165) is 5.56 Å². The van der Waals surface area contributed by atoms with Crippen LogP contribution in [-0.4, -0.2) is 22.6 Å². The number of rotatable bonds is 6. The number of phenolic OH excluding ortho intramolecular Hbond substituents is 1. The number of benzene rings is 2. The number of aryl methyl sites for hydroxylation is 1. The molecule has 0 heterocycles. The molecule has 2 aromatic carbocycles. The number of amides is 2. The van der Waals surface area contributed by atoms with Crippen LogP contribution in [0.2, 0.25) is 5.02 Å². The largest absolute Gasteiger partial charge is 0.507 e. The molecule has 0 unspecified atom stereocenters. The van der Waals surface area contributed by atoms with E-state index >= 15 is 0 Å². The number of nitrogens with one attached hydrogen (secondary N) is 2. The molecule has 0 aliphatic carbocycles. The van der Waals surface area contributed by atoms with Crippen molar-refractivity contribution < 1.29 is 14.7 Å². The van der Waals surface area contributed by atoms with Crippen LogP contribution in [0.5, 0.6) is 5.75 Å². The maximum absolute atomic E-state index is 12.1. The van der Waals surface area contributed by atoms with Crippen LogP contribution in [0.25, 0.3) is 0 Å². The molecule has 7 heteroatoms. The second kappa shape index (κ2) is 9.01. The monoisotopic (exact) mass is 373 g/mol. The summed E-state index contributed by atoms with van der Waals surface area (Å²) in [6, 6.07) is 12.0. The lowest BCUT2D eigenvalue weighted by Crippen LogP contribution is -2.26. The summed E-state index contributed by atoms with van der Waals surface area (Å²) in [6.07, 6.45) is 0.0493. The Bertz CT molecular complexity index is 832. The Morgan fingerprint density at radius 1 is 1.15 bits per heavy atom. The normalized spacial score (nSPS) is 11.1. The van der Waals surface area contributed by atoms with Gasteiger partial charge in [0, 0.05) is 17.3 Å². The maximum atomic E-state index is 12.1. The molecule has 0 aliphatic rings. The number of hydrazone groups is 1. The molecule has 2 rings (SSSR count). The minimum atomic E-state index is -0.535. The van der Waals surface area contributed by atoms with E-state index in [1.165, 1.54) is 6.07 Å². The zero-order valence-corrected chi connectivity index (χ0v) is 15.3. The molecule has 3 N–H and O–H groups in total. The first-order valence-electron chi connectivity index (χ1n) is 8.00. The summed E-state index contributed by atoms with van der Waals surface area (Å²) in [5.74, 6) is -0.834. The molecule has 0 fully saturated rings. The highest BCUT2D eigenvalue weighted by Crippen LogP contribution is 2.21. The number of hydrogen-bond acceptors (Lipinski definition) is 4. The van der Waals surface area contributed by atoms with Gasteiger partial charge in [-0.25, -0.2) is 5.43 Å². The van der Waals surface area contributed by atoms with Crippen molar-refractivity contribution in [3.05, 3.63) is 64.2 Å². The lowest BCUT2D eigenvalue weighted by Gasteiger charge is -2.07. The van der Waals surface area contributed by atoms with E-state index < -0.39 is 5.91 Å². The third-order valence-electron chi connectivity index (χ3n) is 3.65. The fraction of sp³-hybridized carbons (Fsp3) is 0.211. The van der Waals surface area contributed by atoms with E-state index in [1.54, 1.807) is 38.1 Å². The molecule has 6 nitrogen and oxygen atoms in total. The van der Waals surface area contributed by atoms with Gasteiger partial charge in [0.2, 0.25) is 5.91 Å². The summed E-state index contributed by atoms with van der Waals surface area (Å²) in [4.78, 5) is 24.0. The topological polar surface area (TPSA) is 90.8 Å². The van der Waals surface area contributed by atoms with Gasteiger partial charge >= 0.3 is 0 Å². The summed E-state index contributed by atoms with van der Waals surface area (Å²) in [7, 11) is 0.